The van der Waals surface area contributed by atoms with E-state index in [1.165, 1.54) is 12.1 Å². The van der Waals surface area contributed by atoms with Gasteiger partial charge in [0.15, 0.2) is 0 Å². The van der Waals surface area contributed by atoms with Crippen molar-refractivity contribution >= 4 is 28.3 Å². The van der Waals surface area contributed by atoms with Gasteiger partial charge in [0.25, 0.3) is 5.91 Å². The Labute approximate surface area is 101 Å². The third-order valence-corrected chi connectivity index (χ3v) is 3.03. The average molecular weight is 245 g/mol. The topological polar surface area (TPSA) is 57.6 Å². The summed E-state index contributed by atoms with van der Waals surface area (Å²) in [5, 5.41) is 9.64. The van der Waals surface area contributed by atoms with E-state index < -0.39 is 24.2 Å². The number of aliphatic carboxylic acids is 1. The molecule has 2 aromatic carbocycles. The van der Waals surface area contributed by atoms with Gasteiger partial charge in [-0.3, -0.25) is 14.5 Å². The molecule has 1 amide bonds. The van der Waals surface area contributed by atoms with Gasteiger partial charge in [0, 0.05) is 10.8 Å². The molecule has 0 spiro atoms. The molecule has 0 unspecified atom stereocenters. The number of carbonyl (C=O) groups excluding carboxylic acids is 1. The lowest BCUT2D eigenvalue weighted by atomic mass is 10.1. The lowest BCUT2D eigenvalue weighted by molar-refractivity contribution is -0.135. The quantitative estimate of drug-likeness (QED) is 0.880. The molecule has 0 bridgehead atoms. The van der Waals surface area contributed by atoms with E-state index in [1.54, 1.807) is 18.2 Å². The van der Waals surface area contributed by atoms with Gasteiger partial charge in [0.05, 0.1) is 11.3 Å². The van der Waals surface area contributed by atoms with E-state index in [1.807, 2.05) is 0 Å². The van der Waals surface area contributed by atoms with Crippen molar-refractivity contribution in [3.05, 3.63) is 41.7 Å². The van der Waals surface area contributed by atoms with Crippen LogP contribution in [0.5, 0.6) is 0 Å². The van der Waals surface area contributed by atoms with Gasteiger partial charge in [-0.2, -0.15) is 0 Å². The van der Waals surface area contributed by atoms with Gasteiger partial charge in [-0.1, -0.05) is 12.1 Å². The number of rotatable bonds is 2. The molecular formula is C13H8FNO3. The van der Waals surface area contributed by atoms with Crippen molar-refractivity contribution in [2.45, 2.75) is 0 Å². The number of carboxylic acids is 1. The highest BCUT2D eigenvalue weighted by atomic mass is 19.1. The monoisotopic (exact) mass is 245 g/mol. The normalized spacial score (nSPS) is 13.4. The zero-order chi connectivity index (χ0) is 12.9. The van der Waals surface area contributed by atoms with Gasteiger partial charge in [-0.25, -0.2) is 4.39 Å². The summed E-state index contributed by atoms with van der Waals surface area (Å²) in [5.74, 6) is -1.92. The third-order valence-electron chi connectivity index (χ3n) is 3.03. The van der Waals surface area contributed by atoms with Gasteiger partial charge in [-0.15, -0.1) is 0 Å². The molecule has 1 N–H and O–H groups in total. The largest absolute Gasteiger partial charge is 0.480 e. The lowest BCUT2D eigenvalue weighted by Crippen LogP contribution is -2.32. The minimum atomic E-state index is -1.10. The van der Waals surface area contributed by atoms with E-state index in [-0.39, 0.29) is 0 Å². The standard InChI is InChI=1S/C13H8FNO3/c14-9-5-4-8-12-7(9)2-1-3-10(12)15(13(8)18)6-11(16)17/h1-5H,6H2,(H,16,17). The first-order valence-corrected chi connectivity index (χ1v) is 5.34. The van der Waals surface area contributed by atoms with Crippen molar-refractivity contribution in [2.24, 2.45) is 0 Å². The number of anilines is 1. The summed E-state index contributed by atoms with van der Waals surface area (Å²) in [6, 6.07) is 7.43. The number of halogens is 1. The fourth-order valence-corrected chi connectivity index (χ4v) is 2.30. The Bertz CT molecular complexity index is 696. The molecule has 90 valence electrons. The van der Waals surface area contributed by atoms with Crippen LogP contribution in [0, 0.1) is 5.82 Å². The second-order valence-electron chi connectivity index (χ2n) is 4.08. The van der Waals surface area contributed by atoms with Crippen molar-refractivity contribution in [2.75, 3.05) is 11.4 Å². The minimum Gasteiger partial charge on any atom is -0.480 e. The predicted octanol–water partition coefficient (Wildman–Crippen LogP) is 2.02. The van der Waals surface area contributed by atoms with Gasteiger partial charge in [0.1, 0.15) is 12.4 Å². The number of hydrogen-bond acceptors (Lipinski definition) is 2. The van der Waals surface area contributed by atoms with Gasteiger partial charge >= 0.3 is 5.97 Å². The molecule has 0 saturated carbocycles. The molecule has 3 rings (SSSR count). The maximum absolute atomic E-state index is 13.6. The first-order valence-electron chi connectivity index (χ1n) is 5.34. The Balaban J connectivity index is 2.30. The lowest BCUT2D eigenvalue weighted by Gasteiger charge is -2.14. The highest BCUT2D eigenvalue weighted by Crippen LogP contribution is 2.37. The maximum atomic E-state index is 13.6. The van der Waals surface area contributed by atoms with Crippen molar-refractivity contribution in [1.29, 1.82) is 0 Å². The highest BCUT2D eigenvalue weighted by Gasteiger charge is 2.31. The Kier molecular flexibility index (Phi) is 2.10. The molecule has 0 aliphatic carbocycles. The SMILES string of the molecule is O=C(O)CN1C(=O)c2ccc(F)c3cccc1c23. The molecule has 5 heteroatoms. The Morgan fingerprint density at radius 3 is 2.78 bits per heavy atom. The Morgan fingerprint density at radius 2 is 2.06 bits per heavy atom. The van der Waals surface area contributed by atoms with Gasteiger partial charge in [-0.05, 0) is 18.2 Å². The molecule has 2 aromatic rings. The highest BCUT2D eigenvalue weighted by molar-refractivity contribution is 6.25. The summed E-state index contributed by atoms with van der Waals surface area (Å²) in [7, 11) is 0. The number of carboxylic acid groups (broad SMARTS) is 1. The number of hydrogen-bond donors (Lipinski definition) is 1. The second kappa shape index (κ2) is 3.53. The van der Waals surface area contributed by atoms with E-state index in [4.69, 9.17) is 5.11 Å². The van der Waals surface area contributed by atoms with Crippen molar-refractivity contribution in [3.8, 4) is 0 Å². The summed E-state index contributed by atoms with van der Waals surface area (Å²) in [5.41, 5.74) is 0.803. The first-order chi connectivity index (χ1) is 8.59. The van der Waals surface area contributed by atoms with E-state index >= 15 is 0 Å². The van der Waals surface area contributed by atoms with Crippen molar-refractivity contribution in [1.82, 2.24) is 0 Å². The van der Waals surface area contributed by atoms with E-state index in [2.05, 4.69) is 0 Å². The second-order valence-corrected chi connectivity index (χ2v) is 4.08. The fraction of sp³-hybridized carbons (Fsp3) is 0.0769. The van der Waals surface area contributed by atoms with E-state index in [9.17, 15) is 14.0 Å². The third kappa shape index (κ3) is 1.30. The summed E-state index contributed by atoms with van der Waals surface area (Å²) < 4.78 is 13.6. The summed E-state index contributed by atoms with van der Waals surface area (Å²) in [6.45, 7) is -0.422. The minimum absolute atomic E-state index is 0.339. The van der Waals surface area contributed by atoms with Crippen LogP contribution in [0.15, 0.2) is 30.3 Å². The molecule has 1 aliphatic heterocycles. The van der Waals surface area contributed by atoms with Crippen LogP contribution in [0.2, 0.25) is 0 Å². The van der Waals surface area contributed by atoms with Crippen LogP contribution >= 0.6 is 0 Å². The molecule has 1 heterocycles. The van der Waals surface area contributed by atoms with E-state index in [0.29, 0.717) is 22.0 Å². The van der Waals surface area contributed by atoms with Crippen LogP contribution in [0.3, 0.4) is 0 Å². The Hall–Kier alpha value is -2.43. The smallest absolute Gasteiger partial charge is 0.323 e. The van der Waals surface area contributed by atoms with Crippen LogP contribution in [-0.2, 0) is 4.79 Å². The molecule has 0 radical (unpaired) electrons. The molecule has 4 nitrogen and oxygen atoms in total. The summed E-state index contributed by atoms with van der Waals surface area (Å²) in [6.07, 6.45) is 0. The van der Waals surface area contributed by atoms with Crippen molar-refractivity contribution in [3.63, 3.8) is 0 Å². The van der Waals surface area contributed by atoms with Crippen molar-refractivity contribution < 1.29 is 19.1 Å². The molecule has 18 heavy (non-hydrogen) atoms. The van der Waals surface area contributed by atoms with E-state index in [0.717, 1.165) is 4.90 Å². The number of benzene rings is 2. The number of nitrogens with zero attached hydrogens (tertiary/aromatic N) is 1. The van der Waals surface area contributed by atoms with Crippen LogP contribution in [-0.4, -0.2) is 23.5 Å². The van der Waals surface area contributed by atoms with Crippen LogP contribution in [0.25, 0.3) is 10.8 Å². The van der Waals surface area contributed by atoms with Gasteiger partial charge < -0.3 is 5.11 Å². The summed E-state index contributed by atoms with van der Waals surface area (Å²) in [4.78, 5) is 24.0. The zero-order valence-electron chi connectivity index (χ0n) is 9.18. The number of amides is 1. The average Bonchev–Trinajstić information content (AvgIpc) is 2.60. The Morgan fingerprint density at radius 1 is 1.28 bits per heavy atom. The fourth-order valence-electron chi connectivity index (χ4n) is 2.30. The number of carbonyl (C=O) groups is 2. The first kappa shape index (κ1) is 10.7. The molecular weight excluding hydrogens is 237 g/mol. The maximum Gasteiger partial charge on any atom is 0.323 e. The van der Waals surface area contributed by atoms with Gasteiger partial charge in [0.2, 0.25) is 0 Å². The molecule has 0 saturated heterocycles. The predicted molar refractivity (Wildman–Crippen MR) is 63.2 cm³/mol. The molecule has 1 aliphatic rings. The molecule has 0 atom stereocenters. The molecule has 0 aromatic heterocycles. The van der Waals surface area contributed by atoms with Crippen LogP contribution < -0.4 is 4.90 Å². The van der Waals surface area contributed by atoms with Crippen LogP contribution in [0.4, 0.5) is 10.1 Å². The summed E-state index contributed by atoms with van der Waals surface area (Å²) >= 11 is 0. The van der Waals surface area contributed by atoms with Crippen LogP contribution in [0.1, 0.15) is 10.4 Å². The molecule has 0 fully saturated rings. The zero-order valence-corrected chi connectivity index (χ0v) is 9.18.